The third-order valence-corrected chi connectivity index (χ3v) is 2.99. The summed E-state index contributed by atoms with van der Waals surface area (Å²) < 4.78 is 0. The van der Waals surface area contributed by atoms with E-state index >= 15 is 0 Å². The summed E-state index contributed by atoms with van der Waals surface area (Å²) >= 11 is 0. The van der Waals surface area contributed by atoms with Gasteiger partial charge in [-0.15, -0.1) is 5.73 Å². The van der Waals surface area contributed by atoms with E-state index in [1.54, 1.807) is 12.4 Å². The Balaban J connectivity index is 1.78. The molecule has 0 bridgehead atoms. The number of nitrogens with zero attached hydrogens (tertiary/aromatic N) is 1. The molecule has 1 heteroatoms. The molecule has 1 aliphatic rings. The average molecular weight is 243 g/mol. The van der Waals surface area contributed by atoms with Gasteiger partial charge in [-0.05, 0) is 41.0 Å². The molecule has 1 aliphatic carbocycles. The van der Waals surface area contributed by atoms with Crippen LogP contribution in [-0.2, 0) is 0 Å². The van der Waals surface area contributed by atoms with Crippen LogP contribution in [0.2, 0.25) is 0 Å². The van der Waals surface area contributed by atoms with Gasteiger partial charge in [0.05, 0.1) is 0 Å². The van der Waals surface area contributed by atoms with Crippen LogP contribution in [0.3, 0.4) is 0 Å². The molecule has 0 saturated carbocycles. The van der Waals surface area contributed by atoms with Crippen LogP contribution < -0.4 is 0 Å². The Morgan fingerprint density at radius 2 is 1.53 bits per heavy atom. The predicted octanol–water partition coefficient (Wildman–Crippen LogP) is 4.36. The maximum absolute atomic E-state index is 4.00. The molecule has 0 N–H and O–H groups in total. The minimum Gasteiger partial charge on any atom is -0.265 e. The molecule has 1 aromatic carbocycles. The lowest BCUT2D eigenvalue weighted by atomic mass is 10.0. The summed E-state index contributed by atoms with van der Waals surface area (Å²) in [5, 5.41) is 0. The fourth-order valence-electron chi connectivity index (χ4n) is 1.95. The maximum atomic E-state index is 4.00. The molecule has 19 heavy (non-hydrogen) atoms. The van der Waals surface area contributed by atoms with Gasteiger partial charge in [-0.1, -0.05) is 42.5 Å². The number of pyridine rings is 1. The quantitative estimate of drug-likeness (QED) is 0.730. The normalized spacial score (nSPS) is 13.2. The zero-order valence-corrected chi connectivity index (χ0v) is 10.5. The highest BCUT2D eigenvalue weighted by Crippen LogP contribution is 2.19. The molecule has 1 heterocycles. The molecule has 0 unspecified atom stereocenters. The minimum atomic E-state index is 1.14. The molecular weight excluding hydrogens is 230 g/mol. The van der Waals surface area contributed by atoms with Crippen LogP contribution in [0.4, 0.5) is 0 Å². The Morgan fingerprint density at radius 1 is 0.842 bits per heavy atom. The monoisotopic (exact) mass is 243 g/mol. The summed E-state index contributed by atoms with van der Waals surface area (Å²) in [6.45, 7) is 0. The molecule has 0 aliphatic heterocycles. The highest BCUT2D eigenvalue weighted by atomic mass is 14.6. The first-order valence-corrected chi connectivity index (χ1v) is 6.24. The van der Waals surface area contributed by atoms with Crippen molar-refractivity contribution in [3.05, 3.63) is 89.4 Å². The second-order valence-electron chi connectivity index (χ2n) is 4.32. The van der Waals surface area contributed by atoms with E-state index in [9.17, 15) is 0 Å². The van der Waals surface area contributed by atoms with Gasteiger partial charge in [-0.25, -0.2) is 0 Å². The summed E-state index contributed by atoms with van der Waals surface area (Å²) in [5.41, 5.74) is 7.89. The first-order valence-electron chi connectivity index (χ1n) is 6.24. The van der Waals surface area contributed by atoms with Crippen molar-refractivity contribution in [1.29, 1.82) is 0 Å². The van der Waals surface area contributed by atoms with Gasteiger partial charge in [-0.3, -0.25) is 4.98 Å². The molecule has 0 amide bonds. The standard InChI is InChI=1S/C18H13N/c1-2-4-17(3-1)18-9-7-15(8-10-18)5-6-16-11-13-19-14-12-16/h1-3,5-14H/b6-5+. The summed E-state index contributed by atoms with van der Waals surface area (Å²) in [5.74, 6) is 0. The van der Waals surface area contributed by atoms with Crippen LogP contribution in [0.5, 0.6) is 0 Å². The number of allylic oxidation sites excluding steroid dienone is 3. The van der Waals surface area contributed by atoms with E-state index in [-0.39, 0.29) is 0 Å². The second kappa shape index (κ2) is 5.34. The zero-order chi connectivity index (χ0) is 12.9. The molecule has 0 saturated heterocycles. The van der Waals surface area contributed by atoms with Crippen molar-refractivity contribution in [2.24, 2.45) is 0 Å². The Hall–Kier alpha value is -2.63. The maximum Gasteiger partial charge on any atom is 0.0273 e. The zero-order valence-electron chi connectivity index (χ0n) is 10.5. The van der Waals surface area contributed by atoms with Crippen molar-refractivity contribution in [3.8, 4) is 0 Å². The number of hydrogen-bond acceptors (Lipinski definition) is 1. The van der Waals surface area contributed by atoms with E-state index < -0.39 is 0 Å². The van der Waals surface area contributed by atoms with Crippen molar-refractivity contribution in [3.63, 3.8) is 0 Å². The van der Waals surface area contributed by atoms with Crippen LogP contribution in [0.1, 0.15) is 16.7 Å². The highest BCUT2D eigenvalue weighted by Gasteiger charge is 1.98. The first kappa shape index (κ1) is 11.5. The fraction of sp³-hybridized carbons (Fsp3) is 0. The topological polar surface area (TPSA) is 12.9 Å². The number of rotatable bonds is 3. The lowest BCUT2D eigenvalue weighted by molar-refractivity contribution is 1.32. The third kappa shape index (κ3) is 2.79. The van der Waals surface area contributed by atoms with E-state index in [2.05, 4.69) is 53.2 Å². The number of aromatic nitrogens is 1. The molecule has 90 valence electrons. The van der Waals surface area contributed by atoms with Crippen molar-refractivity contribution >= 4 is 17.7 Å². The van der Waals surface area contributed by atoms with Gasteiger partial charge in [0.1, 0.15) is 0 Å². The number of hydrogen-bond donors (Lipinski definition) is 0. The Kier molecular flexibility index (Phi) is 3.22. The Labute approximate surface area is 112 Å². The van der Waals surface area contributed by atoms with E-state index in [1.807, 2.05) is 24.3 Å². The molecule has 0 fully saturated rings. The molecule has 0 spiro atoms. The molecule has 3 rings (SSSR count). The minimum absolute atomic E-state index is 1.14. The van der Waals surface area contributed by atoms with Gasteiger partial charge in [0.25, 0.3) is 0 Å². The van der Waals surface area contributed by atoms with Crippen LogP contribution in [-0.4, -0.2) is 4.98 Å². The van der Waals surface area contributed by atoms with Gasteiger partial charge in [0.2, 0.25) is 0 Å². The Bertz CT molecular complexity index is 682. The summed E-state index contributed by atoms with van der Waals surface area (Å²) in [7, 11) is 0. The molecular formula is C18H13N. The first-order chi connectivity index (χ1) is 9.42. The largest absolute Gasteiger partial charge is 0.265 e. The lowest BCUT2D eigenvalue weighted by Gasteiger charge is -1.99. The Morgan fingerprint density at radius 3 is 2.16 bits per heavy atom. The second-order valence-corrected chi connectivity index (χ2v) is 4.32. The average Bonchev–Trinajstić information content (AvgIpc) is 3.01. The summed E-state index contributed by atoms with van der Waals surface area (Å²) in [6, 6.07) is 12.5. The smallest absolute Gasteiger partial charge is 0.0273 e. The fourth-order valence-corrected chi connectivity index (χ4v) is 1.95. The van der Waals surface area contributed by atoms with E-state index in [4.69, 9.17) is 0 Å². The summed E-state index contributed by atoms with van der Waals surface area (Å²) in [4.78, 5) is 4.00. The van der Waals surface area contributed by atoms with E-state index in [0.29, 0.717) is 0 Å². The molecule has 0 atom stereocenters. The van der Waals surface area contributed by atoms with Crippen LogP contribution in [0.15, 0.2) is 72.8 Å². The van der Waals surface area contributed by atoms with Gasteiger partial charge >= 0.3 is 0 Å². The SMILES string of the molecule is C1=CC=CC=1c1ccc(/C=C/c2ccncc2)cc1. The lowest BCUT2D eigenvalue weighted by Crippen LogP contribution is -1.79. The molecule has 1 aromatic heterocycles. The van der Waals surface area contributed by atoms with Gasteiger partial charge in [0, 0.05) is 18.0 Å². The van der Waals surface area contributed by atoms with Crippen molar-refractivity contribution in [1.82, 2.24) is 4.98 Å². The van der Waals surface area contributed by atoms with Crippen LogP contribution >= 0.6 is 0 Å². The predicted molar refractivity (Wildman–Crippen MR) is 80.2 cm³/mol. The number of benzene rings is 1. The molecule has 1 nitrogen and oxygen atoms in total. The summed E-state index contributed by atoms with van der Waals surface area (Å²) in [6.07, 6.45) is 13.8. The van der Waals surface area contributed by atoms with Crippen molar-refractivity contribution in [2.75, 3.05) is 0 Å². The van der Waals surface area contributed by atoms with E-state index in [1.165, 1.54) is 11.1 Å². The van der Waals surface area contributed by atoms with Gasteiger partial charge < -0.3 is 0 Å². The third-order valence-electron chi connectivity index (χ3n) is 2.99. The van der Waals surface area contributed by atoms with Crippen LogP contribution in [0.25, 0.3) is 17.7 Å². The molecule has 0 radical (unpaired) electrons. The van der Waals surface area contributed by atoms with Gasteiger partial charge in [-0.2, -0.15) is 0 Å². The van der Waals surface area contributed by atoms with Gasteiger partial charge in [0.15, 0.2) is 0 Å². The molecule has 2 aromatic rings. The van der Waals surface area contributed by atoms with Crippen molar-refractivity contribution < 1.29 is 0 Å². The van der Waals surface area contributed by atoms with Crippen molar-refractivity contribution in [2.45, 2.75) is 0 Å². The van der Waals surface area contributed by atoms with Crippen LogP contribution in [0, 0.1) is 0 Å². The van der Waals surface area contributed by atoms with E-state index in [0.717, 1.165) is 11.1 Å². The highest BCUT2D eigenvalue weighted by molar-refractivity contribution is 5.77.